The van der Waals surface area contributed by atoms with Crippen molar-refractivity contribution in [1.29, 1.82) is 0 Å². The van der Waals surface area contributed by atoms with E-state index in [2.05, 4.69) is 5.32 Å². The van der Waals surface area contributed by atoms with Gasteiger partial charge in [-0.05, 0) is 19.1 Å². The molecule has 0 aliphatic rings. The molecule has 0 aliphatic carbocycles. The number of benzene rings is 1. The van der Waals surface area contributed by atoms with Gasteiger partial charge in [-0.25, -0.2) is 4.79 Å². The molecular formula is C13H20N2O4. The summed E-state index contributed by atoms with van der Waals surface area (Å²) in [6.07, 6.45) is 0. The third-order valence-electron chi connectivity index (χ3n) is 2.38. The molecular weight excluding hydrogens is 248 g/mol. The Kier molecular flexibility index (Phi) is 6.52. The van der Waals surface area contributed by atoms with Crippen LogP contribution in [0.5, 0.6) is 11.5 Å². The number of urea groups is 1. The SMILES string of the molecule is CCOc1ccccc1OCNC(=O)N(C)CCO. The minimum absolute atomic E-state index is 0.0404. The van der Waals surface area contributed by atoms with Crippen molar-refractivity contribution in [3.05, 3.63) is 24.3 Å². The molecule has 6 nitrogen and oxygen atoms in total. The standard InChI is InChI=1S/C13H20N2O4/c1-3-18-11-6-4-5-7-12(11)19-10-14-13(17)15(2)8-9-16/h4-7,16H,3,8-10H2,1-2H3,(H,14,17). The predicted octanol–water partition coefficient (Wildman–Crippen LogP) is 1.06. The van der Waals surface area contributed by atoms with Crippen LogP contribution in [0.15, 0.2) is 24.3 Å². The van der Waals surface area contributed by atoms with Gasteiger partial charge in [-0.2, -0.15) is 0 Å². The lowest BCUT2D eigenvalue weighted by atomic mass is 10.3. The Labute approximate surface area is 112 Å². The first-order valence-electron chi connectivity index (χ1n) is 6.13. The molecule has 2 amide bonds. The van der Waals surface area contributed by atoms with Crippen LogP contribution in [0, 0.1) is 0 Å². The van der Waals surface area contributed by atoms with E-state index in [-0.39, 0.29) is 25.9 Å². The molecule has 1 aromatic rings. The van der Waals surface area contributed by atoms with Crippen molar-refractivity contribution in [3.63, 3.8) is 0 Å². The number of hydrogen-bond donors (Lipinski definition) is 2. The lowest BCUT2D eigenvalue weighted by Crippen LogP contribution is -2.40. The van der Waals surface area contributed by atoms with Gasteiger partial charge in [0.05, 0.1) is 13.2 Å². The zero-order valence-electron chi connectivity index (χ0n) is 11.3. The summed E-state index contributed by atoms with van der Waals surface area (Å²) in [5.74, 6) is 1.22. The molecule has 1 aromatic carbocycles. The van der Waals surface area contributed by atoms with Gasteiger partial charge in [0.15, 0.2) is 18.2 Å². The van der Waals surface area contributed by atoms with Crippen molar-refractivity contribution in [3.8, 4) is 11.5 Å². The number of hydrogen-bond acceptors (Lipinski definition) is 4. The zero-order chi connectivity index (χ0) is 14.1. The second-order valence-electron chi connectivity index (χ2n) is 3.80. The molecule has 19 heavy (non-hydrogen) atoms. The first-order chi connectivity index (χ1) is 9.19. The van der Waals surface area contributed by atoms with E-state index < -0.39 is 0 Å². The normalized spacial score (nSPS) is 9.84. The molecule has 106 valence electrons. The summed E-state index contributed by atoms with van der Waals surface area (Å²) in [4.78, 5) is 12.9. The van der Waals surface area contributed by atoms with Crippen LogP contribution in [0.2, 0.25) is 0 Å². The van der Waals surface area contributed by atoms with Crippen LogP contribution in [0.3, 0.4) is 0 Å². The van der Waals surface area contributed by atoms with E-state index in [0.29, 0.717) is 18.1 Å². The smallest absolute Gasteiger partial charge is 0.319 e. The quantitative estimate of drug-likeness (QED) is 0.725. The van der Waals surface area contributed by atoms with Crippen molar-refractivity contribution in [2.45, 2.75) is 6.92 Å². The molecule has 1 rings (SSSR count). The summed E-state index contributed by atoms with van der Waals surface area (Å²) in [6, 6.07) is 6.96. The third-order valence-corrected chi connectivity index (χ3v) is 2.38. The summed E-state index contributed by atoms with van der Waals surface area (Å²) in [5.41, 5.74) is 0. The molecule has 0 atom stereocenters. The van der Waals surface area contributed by atoms with Gasteiger partial charge in [0.2, 0.25) is 0 Å². The fourth-order valence-electron chi connectivity index (χ4n) is 1.41. The van der Waals surface area contributed by atoms with E-state index in [1.807, 2.05) is 19.1 Å². The van der Waals surface area contributed by atoms with Gasteiger partial charge in [0.25, 0.3) is 0 Å². The van der Waals surface area contributed by atoms with Crippen molar-refractivity contribution in [1.82, 2.24) is 10.2 Å². The first-order valence-corrected chi connectivity index (χ1v) is 6.13. The van der Waals surface area contributed by atoms with Crippen LogP contribution in [0.25, 0.3) is 0 Å². The Morgan fingerprint density at radius 2 is 1.95 bits per heavy atom. The van der Waals surface area contributed by atoms with Gasteiger partial charge in [0.1, 0.15) is 0 Å². The van der Waals surface area contributed by atoms with Crippen LogP contribution < -0.4 is 14.8 Å². The Balaban J connectivity index is 2.42. The van der Waals surface area contributed by atoms with E-state index in [9.17, 15) is 4.79 Å². The van der Waals surface area contributed by atoms with Crippen LogP contribution in [-0.4, -0.2) is 49.6 Å². The molecule has 0 saturated heterocycles. The Hall–Kier alpha value is -1.95. The minimum atomic E-state index is -0.303. The number of carbonyl (C=O) groups excluding carboxylic acids is 1. The Morgan fingerprint density at radius 1 is 1.32 bits per heavy atom. The molecule has 0 aromatic heterocycles. The highest BCUT2D eigenvalue weighted by molar-refractivity contribution is 5.73. The number of nitrogens with zero attached hydrogens (tertiary/aromatic N) is 1. The number of para-hydroxylation sites is 2. The molecule has 0 bridgehead atoms. The molecule has 2 N–H and O–H groups in total. The summed E-state index contributed by atoms with van der Waals surface area (Å²) >= 11 is 0. The average Bonchev–Trinajstić information content (AvgIpc) is 2.41. The lowest BCUT2D eigenvalue weighted by molar-refractivity contribution is 0.178. The number of likely N-dealkylation sites (N-methyl/N-ethyl adjacent to an activating group) is 1. The summed E-state index contributed by atoms with van der Waals surface area (Å²) in [6.45, 7) is 2.69. The maximum atomic E-state index is 11.5. The Bertz CT molecular complexity index is 398. The topological polar surface area (TPSA) is 71.0 Å². The molecule has 0 saturated carbocycles. The second kappa shape index (κ2) is 8.20. The first kappa shape index (κ1) is 15.1. The van der Waals surface area contributed by atoms with Crippen molar-refractivity contribution < 1.29 is 19.4 Å². The monoisotopic (exact) mass is 268 g/mol. The second-order valence-corrected chi connectivity index (χ2v) is 3.80. The van der Waals surface area contributed by atoms with Crippen LogP contribution in [0.4, 0.5) is 4.79 Å². The van der Waals surface area contributed by atoms with Gasteiger partial charge < -0.3 is 24.8 Å². The van der Waals surface area contributed by atoms with Crippen molar-refractivity contribution in [2.24, 2.45) is 0 Å². The number of ether oxygens (including phenoxy) is 2. The number of nitrogens with one attached hydrogen (secondary N) is 1. The molecule has 0 unspecified atom stereocenters. The molecule has 0 heterocycles. The highest BCUT2D eigenvalue weighted by atomic mass is 16.5. The lowest BCUT2D eigenvalue weighted by Gasteiger charge is -2.17. The zero-order valence-corrected chi connectivity index (χ0v) is 11.3. The van der Waals surface area contributed by atoms with Crippen LogP contribution >= 0.6 is 0 Å². The average molecular weight is 268 g/mol. The fraction of sp³-hybridized carbons (Fsp3) is 0.462. The molecule has 6 heteroatoms. The highest BCUT2D eigenvalue weighted by Gasteiger charge is 2.08. The third kappa shape index (κ3) is 5.05. The fourth-order valence-corrected chi connectivity index (χ4v) is 1.41. The molecule has 0 spiro atoms. The maximum absolute atomic E-state index is 11.5. The molecule has 0 aliphatic heterocycles. The van der Waals surface area contributed by atoms with Crippen LogP contribution in [0.1, 0.15) is 6.92 Å². The number of carbonyl (C=O) groups is 1. The van der Waals surface area contributed by atoms with E-state index in [4.69, 9.17) is 14.6 Å². The van der Waals surface area contributed by atoms with Crippen molar-refractivity contribution >= 4 is 6.03 Å². The largest absolute Gasteiger partial charge is 0.490 e. The predicted molar refractivity (Wildman–Crippen MR) is 71.4 cm³/mol. The van der Waals surface area contributed by atoms with E-state index in [1.54, 1.807) is 19.2 Å². The van der Waals surface area contributed by atoms with Gasteiger partial charge >= 0.3 is 6.03 Å². The number of amides is 2. The van der Waals surface area contributed by atoms with E-state index in [1.165, 1.54) is 4.90 Å². The maximum Gasteiger partial charge on any atom is 0.319 e. The van der Waals surface area contributed by atoms with Crippen LogP contribution in [-0.2, 0) is 0 Å². The number of rotatable bonds is 7. The Morgan fingerprint density at radius 3 is 2.53 bits per heavy atom. The highest BCUT2D eigenvalue weighted by Crippen LogP contribution is 2.25. The van der Waals surface area contributed by atoms with Gasteiger partial charge in [-0.15, -0.1) is 0 Å². The number of aliphatic hydroxyl groups excluding tert-OH is 1. The minimum Gasteiger partial charge on any atom is -0.490 e. The van der Waals surface area contributed by atoms with Crippen molar-refractivity contribution in [2.75, 3.05) is 33.5 Å². The molecule has 0 radical (unpaired) electrons. The van der Waals surface area contributed by atoms with Gasteiger partial charge in [0, 0.05) is 13.6 Å². The summed E-state index contributed by atoms with van der Waals surface area (Å²) in [5, 5.41) is 11.3. The van der Waals surface area contributed by atoms with E-state index in [0.717, 1.165) is 0 Å². The summed E-state index contributed by atoms with van der Waals surface area (Å²) in [7, 11) is 1.60. The number of aliphatic hydroxyl groups is 1. The summed E-state index contributed by atoms with van der Waals surface area (Å²) < 4.78 is 10.8. The molecule has 0 fully saturated rings. The van der Waals surface area contributed by atoms with Gasteiger partial charge in [-0.3, -0.25) is 0 Å². The van der Waals surface area contributed by atoms with E-state index >= 15 is 0 Å². The van der Waals surface area contributed by atoms with Gasteiger partial charge in [-0.1, -0.05) is 12.1 Å².